The fourth-order valence-corrected chi connectivity index (χ4v) is 2.48. The SMILES string of the molecule is CCCCCCOc1cccc(CC(=O)C(=O)c2ccccc2)c1. The minimum atomic E-state index is -0.443. The summed E-state index contributed by atoms with van der Waals surface area (Å²) in [7, 11) is 0. The molecule has 126 valence electrons. The van der Waals surface area contributed by atoms with Gasteiger partial charge in [-0.1, -0.05) is 68.7 Å². The Balaban J connectivity index is 1.89. The summed E-state index contributed by atoms with van der Waals surface area (Å²) >= 11 is 0. The lowest BCUT2D eigenvalue weighted by molar-refractivity contribution is -0.114. The minimum absolute atomic E-state index is 0.0980. The average Bonchev–Trinajstić information content (AvgIpc) is 2.62. The molecule has 2 aromatic rings. The monoisotopic (exact) mass is 324 g/mol. The number of ketones is 2. The Morgan fingerprint density at radius 1 is 0.917 bits per heavy atom. The van der Waals surface area contributed by atoms with Gasteiger partial charge >= 0.3 is 0 Å². The normalized spacial score (nSPS) is 10.4. The zero-order valence-electron chi connectivity index (χ0n) is 14.2. The van der Waals surface area contributed by atoms with Crippen molar-refractivity contribution in [2.24, 2.45) is 0 Å². The van der Waals surface area contributed by atoms with E-state index in [0.717, 1.165) is 17.7 Å². The molecule has 0 aliphatic carbocycles. The van der Waals surface area contributed by atoms with E-state index in [2.05, 4.69) is 6.92 Å². The van der Waals surface area contributed by atoms with E-state index >= 15 is 0 Å². The van der Waals surface area contributed by atoms with Crippen molar-refractivity contribution in [1.29, 1.82) is 0 Å². The van der Waals surface area contributed by atoms with Crippen LogP contribution >= 0.6 is 0 Å². The van der Waals surface area contributed by atoms with Crippen LogP contribution in [0.3, 0.4) is 0 Å². The highest BCUT2D eigenvalue weighted by atomic mass is 16.5. The van der Waals surface area contributed by atoms with Crippen LogP contribution in [-0.4, -0.2) is 18.2 Å². The first-order valence-electron chi connectivity index (χ1n) is 8.55. The van der Waals surface area contributed by atoms with Gasteiger partial charge in [0, 0.05) is 12.0 Å². The van der Waals surface area contributed by atoms with Gasteiger partial charge in [-0.25, -0.2) is 0 Å². The van der Waals surface area contributed by atoms with Crippen molar-refractivity contribution in [3.8, 4) is 5.75 Å². The quantitative estimate of drug-likeness (QED) is 0.363. The first kappa shape index (κ1) is 17.9. The molecule has 0 radical (unpaired) electrons. The Kier molecular flexibility index (Phi) is 7.21. The molecule has 0 N–H and O–H groups in total. The summed E-state index contributed by atoms with van der Waals surface area (Å²) in [6.45, 7) is 2.86. The predicted molar refractivity (Wildman–Crippen MR) is 95.6 cm³/mol. The highest BCUT2D eigenvalue weighted by molar-refractivity contribution is 6.44. The molecule has 0 bridgehead atoms. The number of hydrogen-bond donors (Lipinski definition) is 0. The number of Topliss-reactive ketones (excluding diaryl/α,β-unsaturated/α-hetero) is 2. The van der Waals surface area contributed by atoms with E-state index in [1.54, 1.807) is 24.3 Å². The van der Waals surface area contributed by atoms with Crippen LogP contribution < -0.4 is 4.74 Å². The maximum absolute atomic E-state index is 12.2. The molecule has 0 saturated carbocycles. The van der Waals surface area contributed by atoms with Crippen LogP contribution in [-0.2, 0) is 11.2 Å². The van der Waals surface area contributed by atoms with Crippen LogP contribution in [0.1, 0.15) is 48.5 Å². The van der Waals surface area contributed by atoms with Crippen LogP contribution in [0.15, 0.2) is 54.6 Å². The first-order valence-corrected chi connectivity index (χ1v) is 8.55. The molecule has 0 aromatic heterocycles. The summed E-state index contributed by atoms with van der Waals surface area (Å²) in [5.74, 6) is -0.0910. The number of unbranched alkanes of at least 4 members (excludes halogenated alkanes) is 3. The molecular formula is C21H24O3. The van der Waals surface area contributed by atoms with Crippen molar-refractivity contribution in [1.82, 2.24) is 0 Å². The van der Waals surface area contributed by atoms with E-state index in [9.17, 15) is 9.59 Å². The lowest BCUT2D eigenvalue weighted by Crippen LogP contribution is -2.16. The fraction of sp³-hybridized carbons (Fsp3) is 0.333. The molecule has 0 saturated heterocycles. The zero-order valence-corrected chi connectivity index (χ0v) is 14.2. The number of rotatable bonds is 10. The number of carbonyl (C=O) groups is 2. The number of ether oxygens (including phenoxy) is 1. The number of benzene rings is 2. The highest BCUT2D eigenvalue weighted by Crippen LogP contribution is 2.15. The van der Waals surface area contributed by atoms with Gasteiger partial charge in [-0.3, -0.25) is 9.59 Å². The maximum Gasteiger partial charge on any atom is 0.228 e. The van der Waals surface area contributed by atoms with Gasteiger partial charge < -0.3 is 4.74 Å². The molecule has 24 heavy (non-hydrogen) atoms. The third-order valence-electron chi connectivity index (χ3n) is 3.82. The minimum Gasteiger partial charge on any atom is -0.494 e. The van der Waals surface area contributed by atoms with Crippen molar-refractivity contribution in [3.05, 3.63) is 65.7 Å². The maximum atomic E-state index is 12.2. The predicted octanol–water partition coefficient (Wildman–Crippen LogP) is 4.64. The summed E-state index contributed by atoms with van der Waals surface area (Å²) in [6, 6.07) is 16.1. The second-order valence-electron chi connectivity index (χ2n) is 5.85. The number of carbonyl (C=O) groups excluding carboxylic acids is 2. The third-order valence-corrected chi connectivity index (χ3v) is 3.82. The third kappa shape index (κ3) is 5.65. The van der Waals surface area contributed by atoms with Crippen molar-refractivity contribution in [2.45, 2.75) is 39.0 Å². The van der Waals surface area contributed by atoms with E-state index in [0.29, 0.717) is 12.2 Å². The Labute approximate surface area is 143 Å². The van der Waals surface area contributed by atoms with Crippen LogP contribution in [0, 0.1) is 0 Å². The van der Waals surface area contributed by atoms with E-state index in [1.165, 1.54) is 19.3 Å². The van der Waals surface area contributed by atoms with Crippen LogP contribution in [0.2, 0.25) is 0 Å². The van der Waals surface area contributed by atoms with Gasteiger partial charge in [0.2, 0.25) is 11.6 Å². The molecule has 0 aliphatic heterocycles. The topological polar surface area (TPSA) is 43.4 Å². The molecule has 2 rings (SSSR count). The molecule has 0 heterocycles. The Bertz CT molecular complexity index is 662. The summed E-state index contributed by atoms with van der Waals surface area (Å²) in [5.41, 5.74) is 1.24. The summed E-state index contributed by atoms with van der Waals surface area (Å²) in [4.78, 5) is 24.3. The summed E-state index contributed by atoms with van der Waals surface area (Å²) in [6.07, 6.45) is 4.72. The first-order chi connectivity index (χ1) is 11.7. The smallest absolute Gasteiger partial charge is 0.228 e. The number of hydrogen-bond acceptors (Lipinski definition) is 3. The van der Waals surface area contributed by atoms with E-state index in [4.69, 9.17) is 4.74 Å². The van der Waals surface area contributed by atoms with Crippen molar-refractivity contribution >= 4 is 11.6 Å². The summed E-state index contributed by atoms with van der Waals surface area (Å²) in [5, 5.41) is 0. The highest BCUT2D eigenvalue weighted by Gasteiger charge is 2.16. The van der Waals surface area contributed by atoms with E-state index in [1.807, 2.05) is 30.3 Å². The van der Waals surface area contributed by atoms with E-state index < -0.39 is 11.6 Å². The van der Waals surface area contributed by atoms with Crippen LogP contribution in [0.25, 0.3) is 0 Å². The largest absolute Gasteiger partial charge is 0.494 e. The molecule has 3 heteroatoms. The molecule has 0 atom stereocenters. The average molecular weight is 324 g/mol. The lowest BCUT2D eigenvalue weighted by atomic mass is 10.0. The van der Waals surface area contributed by atoms with Gasteiger partial charge in [-0.2, -0.15) is 0 Å². The van der Waals surface area contributed by atoms with Crippen molar-refractivity contribution < 1.29 is 14.3 Å². The van der Waals surface area contributed by atoms with Crippen LogP contribution in [0.4, 0.5) is 0 Å². The Morgan fingerprint density at radius 3 is 2.46 bits per heavy atom. The van der Waals surface area contributed by atoms with Gasteiger partial charge in [0.1, 0.15) is 5.75 Å². The molecule has 3 nitrogen and oxygen atoms in total. The molecular weight excluding hydrogens is 300 g/mol. The molecule has 2 aromatic carbocycles. The molecule has 0 fully saturated rings. The standard InChI is InChI=1S/C21H24O3/c1-2-3-4-8-14-24-19-13-9-10-17(15-19)16-20(22)21(23)18-11-6-5-7-12-18/h5-7,9-13,15H,2-4,8,14,16H2,1H3. The van der Waals surface area contributed by atoms with Crippen LogP contribution in [0.5, 0.6) is 5.75 Å². The van der Waals surface area contributed by atoms with E-state index in [-0.39, 0.29) is 6.42 Å². The second-order valence-corrected chi connectivity index (χ2v) is 5.85. The molecule has 0 amide bonds. The molecule has 0 spiro atoms. The van der Waals surface area contributed by atoms with Gasteiger partial charge in [-0.05, 0) is 24.1 Å². The molecule has 0 unspecified atom stereocenters. The Morgan fingerprint density at radius 2 is 1.71 bits per heavy atom. The van der Waals surface area contributed by atoms with Gasteiger partial charge in [0.05, 0.1) is 6.61 Å². The Hall–Kier alpha value is -2.42. The zero-order chi connectivity index (χ0) is 17.2. The van der Waals surface area contributed by atoms with Crippen molar-refractivity contribution in [3.63, 3.8) is 0 Å². The second kappa shape index (κ2) is 9.66. The van der Waals surface area contributed by atoms with Crippen molar-refractivity contribution in [2.75, 3.05) is 6.61 Å². The lowest BCUT2D eigenvalue weighted by Gasteiger charge is -2.08. The summed E-state index contributed by atoms with van der Waals surface area (Å²) < 4.78 is 5.72. The van der Waals surface area contributed by atoms with Gasteiger partial charge in [0.25, 0.3) is 0 Å². The van der Waals surface area contributed by atoms with Gasteiger partial charge in [0.15, 0.2) is 0 Å². The van der Waals surface area contributed by atoms with Gasteiger partial charge in [-0.15, -0.1) is 0 Å². The fourth-order valence-electron chi connectivity index (χ4n) is 2.48. The molecule has 0 aliphatic rings.